The average molecular weight is 262 g/mol. The van der Waals surface area contributed by atoms with Crippen LogP contribution in [0.1, 0.15) is 25.0 Å². The molecule has 90 valence electrons. The second kappa shape index (κ2) is 4.31. The highest BCUT2D eigenvalue weighted by Gasteiger charge is 2.23. The summed E-state index contributed by atoms with van der Waals surface area (Å²) in [5.74, 6) is 0.689. The molecule has 16 heavy (non-hydrogen) atoms. The standard InChI is InChI=1S/C9H14N2O3S2/c1-6-8(15-9(12)11-6)16(13,14)10-5-4-7-2-3-7/h7,10H,2-5H2,1H3,(H,11,12). The van der Waals surface area contributed by atoms with Gasteiger partial charge in [0.15, 0.2) is 4.21 Å². The number of rotatable bonds is 5. The molecule has 1 saturated carbocycles. The topological polar surface area (TPSA) is 79.0 Å². The summed E-state index contributed by atoms with van der Waals surface area (Å²) in [6.45, 7) is 2.05. The maximum Gasteiger partial charge on any atom is 0.305 e. The van der Waals surface area contributed by atoms with E-state index >= 15 is 0 Å². The number of H-pyrrole nitrogens is 1. The quantitative estimate of drug-likeness (QED) is 0.824. The van der Waals surface area contributed by atoms with Crippen LogP contribution in [0.3, 0.4) is 0 Å². The zero-order chi connectivity index (χ0) is 11.8. The van der Waals surface area contributed by atoms with E-state index in [0.717, 1.165) is 17.8 Å². The fourth-order valence-corrected chi connectivity index (χ4v) is 3.91. The predicted molar refractivity (Wildman–Crippen MR) is 62.2 cm³/mol. The number of aromatic amines is 1. The molecule has 7 heteroatoms. The highest BCUT2D eigenvalue weighted by molar-refractivity contribution is 7.91. The number of thiazole rings is 1. The maximum atomic E-state index is 11.8. The number of hydrogen-bond acceptors (Lipinski definition) is 4. The summed E-state index contributed by atoms with van der Waals surface area (Å²) in [6.07, 6.45) is 3.30. The molecule has 1 fully saturated rings. The number of nitrogens with one attached hydrogen (secondary N) is 2. The summed E-state index contributed by atoms with van der Waals surface area (Å²) >= 11 is 0.734. The first-order valence-corrected chi connectivity index (χ1v) is 7.48. The Morgan fingerprint density at radius 1 is 1.50 bits per heavy atom. The van der Waals surface area contributed by atoms with Crippen molar-refractivity contribution in [2.75, 3.05) is 6.54 Å². The summed E-state index contributed by atoms with van der Waals surface area (Å²) in [6, 6.07) is 0. The van der Waals surface area contributed by atoms with Crippen LogP contribution in [0.4, 0.5) is 0 Å². The van der Waals surface area contributed by atoms with Gasteiger partial charge in [0.05, 0.1) is 0 Å². The van der Waals surface area contributed by atoms with E-state index < -0.39 is 10.0 Å². The lowest BCUT2D eigenvalue weighted by molar-refractivity contribution is 0.576. The van der Waals surface area contributed by atoms with Gasteiger partial charge in [0.2, 0.25) is 0 Å². The van der Waals surface area contributed by atoms with Crippen LogP contribution in [-0.4, -0.2) is 19.9 Å². The van der Waals surface area contributed by atoms with Gasteiger partial charge in [-0.05, 0) is 19.3 Å². The third-order valence-corrected chi connectivity index (χ3v) is 5.63. The van der Waals surface area contributed by atoms with Crippen molar-refractivity contribution in [2.45, 2.75) is 30.4 Å². The Labute approximate surface area is 97.9 Å². The molecule has 0 saturated heterocycles. The predicted octanol–water partition coefficient (Wildman–Crippen LogP) is 0.823. The summed E-state index contributed by atoms with van der Waals surface area (Å²) in [7, 11) is -3.50. The van der Waals surface area contributed by atoms with Gasteiger partial charge in [0.25, 0.3) is 10.0 Å². The molecule has 1 aromatic heterocycles. The lowest BCUT2D eigenvalue weighted by Gasteiger charge is -2.04. The third kappa shape index (κ3) is 2.72. The Balaban J connectivity index is 2.05. The Bertz CT molecular complexity index is 525. The number of sulfonamides is 1. The first kappa shape index (κ1) is 11.8. The first-order chi connectivity index (χ1) is 7.49. The molecule has 1 aliphatic carbocycles. The smallest absolute Gasteiger partial charge is 0.305 e. The van der Waals surface area contributed by atoms with Gasteiger partial charge >= 0.3 is 4.87 Å². The normalized spacial score (nSPS) is 16.6. The molecular formula is C9H14N2O3S2. The van der Waals surface area contributed by atoms with E-state index in [4.69, 9.17) is 0 Å². The molecule has 0 spiro atoms. The minimum absolute atomic E-state index is 0.105. The number of aryl methyl sites for hydroxylation is 1. The van der Waals surface area contributed by atoms with Gasteiger partial charge in [0, 0.05) is 12.2 Å². The van der Waals surface area contributed by atoms with Crippen molar-refractivity contribution < 1.29 is 8.42 Å². The second-order valence-corrected chi connectivity index (χ2v) is 7.00. The molecule has 2 N–H and O–H groups in total. The second-order valence-electron chi connectivity index (χ2n) is 4.06. The van der Waals surface area contributed by atoms with Gasteiger partial charge in [-0.3, -0.25) is 4.79 Å². The van der Waals surface area contributed by atoms with Crippen LogP contribution in [0.2, 0.25) is 0 Å². The van der Waals surface area contributed by atoms with Crippen molar-refractivity contribution in [3.05, 3.63) is 15.4 Å². The van der Waals surface area contributed by atoms with Crippen molar-refractivity contribution in [1.29, 1.82) is 0 Å². The molecule has 1 aliphatic rings. The van der Waals surface area contributed by atoms with Crippen molar-refractivity contribution >= 4 is 21.4 Å². The number of aromatic nitrogens is 1. The maximum absolute atomic E-state index is 11.8. The molecule has 0 amide bonds. The minimum atomic E-state index is -3.50. The molecule has 0 unspecified atom stereocenters. The zero-order valence-electron chi connectivity index (χ0n) is 8.95. The molecule has 0 atom stereocenters. The summed E-state index contributed by atoms with van der Waals surface area (Å²) in [4.78, 5) is 13.2. The van der Waals surface area contributed by atoms with Crippen LogP contribution in [-0.2, 0) is 10.0 Å². The van der Waals surface area contributed by atoms with Crippen LogP contribution in [0.5, 0.6) is 0 Å². The van der Waals surface area contributed by atoms with E-state index in [-0.39, 0.29) is 9.08 Å². The molecule has 0 aromatic carbocycles. The summed E-state index contributed by atoms with van der Waals surface area (Å²) in [5, 5.41) is 0. The summed E-state index contributed by atoms with van der Waals surface area (Å²) in [5.41, 5.74) is 0.411. The lowest BCUT2D eigenvalue weighted by atomic mass is 10.3. The molecule has 5 nitrogen and oxygen atoms in total. The SMILES string of the molecule is Cc1[nH]c(=O)sc1S(=O)(=O)NCCC1CC1. The number of hydrogen-bond donors (Lipinski definition) is 2. The monoisotopic (exact) mass is 262 g/mol. The van der Waals surface area contributed by atoms with Gasteiger partial charge in [-0.15, -0.1) is 0 Å². The average Bonchev–Trinajstić information content (AvgIpc) is 2.91. The van der Waals surface area contributed by atoms with Gasteiger partial charge < -0.3 is 4.98 Å². The Morgan fingerprint density at radius 3 is 2.69 bits per heavy atom. The highest BCUT2D eigenvalue weighted by Crippen LogP contribution is 2.31. The fourth-order valence-electron chi connectivity index (χ4n) is 1.52. The third-order valence-electron chi connectivity index (χ3n) is 2.57. The van der Waals surface area contributed by atoms with Gasteiger partial charge in [-0.25, -0.2) is 13.1 Å². The van der Waals surface area contributed by atoms with E-state index in [1.807, 2.05) is 0 Å². The Hall–Kier alpha value is -0.660. The fraction of sp³-hybridized carbons (Fsp3) is 0.667. The molecular weight excluding hydrogens is 248 g/mol. The molecule has 0 aliphatic heterocycles. The molecule has 0 radical (unpaired) electrons. The minimum Gasteiger partial charge on any atom is -0.315 e. The van der Waals surface area contributed by atoms with E-state index in [9.17, 15) is 13.2 Å². The Kier molecular flexibility index (Phi) is 3.18. The first-order valence-electron chi connectivity index (χ1n) is 5.18. The summed E-state index contributed by atoms with van der Waals surface area (Å²) < 4.78 is 26.2. The zero-order valence-corrected chi connectivity index (χ0v) is 10.6. The van der Waals surface area contributed by atoms with E-state index in [1.54, 1.807) is 6.92 Å². The molecule has 2 rings (SSSR count). The van der Waals surface area contributed by atoms with Gasteiger partial charge in [-0.1, -0.05) is 24.2 Å². The van der Waals surface area contributed by atoms with Crippen molar-refractivity contribution in [1.82, 2.24) is 9.71 Å². The van der Waals surface area contributed by atoms with Crippen molar-refractivity contribution in [3.8, 4) is 0 Å². The van der Waals surface area contributed by atoms with Crippen molar-refractivity contribution in [2.24, 2.45) is 5.92 Å². The molecule has 1 aromatic rings. The lowest BCUT2D eigenvalue weighted by Crippen LogP contribution is -2.24. The van der Waals surface area contributed by atoms with Crippen LogP contribution >= 0.6 is 11.3 Å². The Morgan fingerprint density at radius 2 is 2.19 bits per heavy atom. The van der Waals surface area contributed by atoms with E-state index in [1.165, 1.54) is 12.8 Å². The highest BCUT2D eigenvalue weighted by atomic mass is 32.2. The largest absolute Gasteiger partial charge is 0.315 e. The van der Waals surface area contributed by atoms with Gasteiger partial charge in [0.1, 0.15) is 0 Å². The van der Waals surface area contributed by atoms with Crippen LogP contribution in [0, 0.1) is 12.8 Å². The van der Waals surface area contributed by atoms with Crippen molar-refractivity contribution in [3.63, 3.8) is 0 Å². The van der Waals surface area contributed by atoms with E-state index in [2.05, 4.69) is 9.71 Å². The van der Waals surface area contributed by atoms with Crippen LogP contribution < -0.4 is 9.60 Å². The molecule has 0 bridgehead atoms. The van der Waals surface area contributed by atoms with Crippen LogP contribution in [0.25, 0.3) is 0 Å². The molecule has 1 heterocycles. The van der Waals surface area contributed by atoms with Gasteiger partial charge in [-0.2, -0.15) is 0 Å². The van der Waals surface area contributed by atoms with Crippen LogP contribution in [0.15, 0.2) is 9.00 Å². The van der Waals surface area contributed by atoms with E-state index in [0.29, 0.717) is 18.2 Å².